The van der Waals surface area contributed by atoms with E-state index in [4.69, 9.17) is 9.47 Å². The second kappa shape index (κ2) is 15.5. The molecule has 0 spiro atoms. The van der Waals surface area contributed by atoms with Crippen LogP contribution >= 0.6 is 0 Å². The van der Waals surface area contributed by atoms with Crippen LogP contribution < -0.4 is 14.8 Å². The predicted octanol–water partition coefficient (Wildman–Crippen LogP) is 4.76. The molecule has 0 bridgehead atoms. The van der Waals surface area contributed by atoms with Gasteiger partial charge in [-0.1, -0.05) is 69.2 Å². The zero-order valence-corrected chi connectivity index (χ0v) is 26.4. The van der Waals surface area contributed by atoms with Crippen LogP contribution in [-0.4, -0.2) is 55.4 Å². The van der Waals surface area contributed by atoms with Gasteiger partial charge in [0.25, 0.3) is 10.2 Å². The Morgan fingerprint density at radius 3 is 2.07 bits per heavy atom. The molecular weight excluding hydrogens is 554 g/mol. The van der Waals surface area contributed by atoms with Gasteiger partial charge in [0.2, 0.25) is 5.91 Å². The van der Waals surface area contributed by atoms with Crippen molar-refractivity contribution in [1.29, 1.82) is 0 Å². The quantitative estimate of drug-likeness (QED) is 0.320. The minimum absolute atomic E-state index is 0.0380. The van der Waals surface area contributed by atoms with Crippen LogP contribution in [-0.2, 0) is 37.6 Å². The molecular formula is C32H47N3O6S. The van der Waals surface area contributed by atoms with Crippen molar-refractivity contribution in [3.63, 3.8) is 0 Å². The molecule has 1 heterocycles. The highest BCUT2D eigenvalue weighted by molar-refractivity contribution is 7.87. The van der Waals surface area contributed by atoms with E-state index in [1.165, 1.54) is 4.31 Å². The lowest BCUT2D eigenvalue weighted by molar-refractivity contribution is -0.158. The molecule has 0 radical (unpaired) electrons. The van der Waals surface area contributed by atoms with Crippen molar-refractivity contribution < 1.29 is 27.5 Å². The standard InChI is InChI=1S/C32H47N3O6S/c1-24(2)21-28(34-42(38,39)35-19-11-6-7-12-20-35)30(36)33-29(31(37)41-32(3,4)5)22-25-15-17-27(18-16-25)40-23-26-13-9-8-10-14-26/h8-10,13-18,24,28-29,34H,6-7,11-12,19-23H2,1-5H3,(H,33,36). The van der Waals surface area contributed by atoms with Crippen molar-refractivity contribution in [2.45, 2.75) is 97.4 Å². The van der Waals surface area contributed by atoms with Crippen molar-refractivity contribution in [3.05, 3.63) is 65.7 Å². The fourth-order valence-corrected chi connectivity index (χ4v) is 6.20. The van der Waals surface area contributed by atoms with Crippen LogP contribution in [0.3, 0.4) is 0 Å². The van der Waals surface area contributed by atoms with E-state index >= 15 is 0 Å². The van der Waals surface area contributed by atoms with Gasteiger partial charge in [-0.05, 0) is 69.2 Å². The Morgan fingerprint density at radius 2 is 1.50 bits per heavy atom. The van der Waals surface area contributed by atoms with E-state index in [0.29, 0.717) is 25.4 Å². The Labute approximate surface area is 251 Å². The number of nitrogens with zero attached hydrogens (tertiary/aromatic N) is 1. The third-order valence-corrected chi connectivity index (χ3v) is 8.47. The maximum Gasteiger partial charge on any atom is 0.329 e. The summed E-state index contributed by atoms with van der Waals surface area (Å²) in [5, 5.41) is 2.80. The lowest BCUT2D eigenvalue weighted by atomic mass is 10.0. The van der Waals surface area contributed by atoms with Gasteiger partial charge in [0, 0.05) is 19.5 Å². The second-order valence-electron chi connectivity index (χ2n) is 12.3. The number of benzene rings is 2. The Bertz CT molecular complexity index is 1240. The molecule has 2 aromatic rings. The first-order valence-corrected chi connectivity index (χ1v) is 16.3. The Hall–Kier alpha value is -2.95. The first kappa shape index (κ1) is 33.6. The Balaban J connectivity index is 1.74. The van der Waals surface area contributed by atoms with Crippen LogP contribution in [0.25, 0.3) is 0 Å². The lowest BCUT2D eigenvalue weighted by Crippen LogP contribution is -2.55. The SMILES string of the molecule is CC(C)CC(NS(=O)(=O)N1CCCCCC1)C(=O)NC(Cc1ccc(OCc2ccccc2)cc1)C(=O)OC(C)(C)C. The fraction of sp³-hybridized carbons (Fsp3) is 0.562. The van der Waals surface area contributed by atoms with Crippen LogP contribution in [0.1, 0.15) is 77.8 Å². The van der Waals surface area contributed by atoms with Crippen LogP contribution in [0.15, 0.2) is 54.6 Å². The van der Waals surface area contributed by atoms with Crippen molar-refractivity contribution >= 4 is 22.1 Å². The second-order valence-corrected chi connectivity index (χ2v) is 14.0. The predicted molar refractivity (Wildman–Crippen MR) is 164 cm³/mol. The Morgan fingerprint density at radius 1 is 0.881 bits per heavy atom. The van der Waals surface area contributed by atoms with Crippen molar-refractivity contribution in [1.82, 2.24) is 14.3 Å². The lowest BCUT2D eigenvalue weighted by Gasteiger charge is -2.28. The zero-order chi connectivity index (χ0) is 30.8. The van der Waals surface area contributed by atoms with E-state index in [-0.39, 0.29) is 18.8 Å². The summed E-state index contributed by atoms with van der Waals surface area (Å²) in [7, 11) is -3.88. The van der Waals surface area contributed by atoms with Crippen LogP contribution in [0.5, 0.6) is 5.75 Å². The van der Waals surface area contributed by atoms with Crippen LogP contribution in [0, 0.1) is 5.92 Å². The molecule has 2 N–H and O–H groups in total. The van der Waals surface area contributed by atoms with Gasteiger partial charge in [-0.25, -0.2) is 4.79 Å². The number of rotatable bonds is 13. The van der Waals surface area contributed by atoms with E-state index in [0.717, 1.165) is 36.8 Å². The molecule has 2 atom stereocenters. The molecule has 42 heavy (non-hydrogen) atoms. The first-order valence-electron chi connectivity index (χ1n) is 14.9. The van der Waals surface area contributed by atoms with Crippen molar-refractivity contribution in [2.75, 3.05) is 13.1 Å². The number of carbonyl (C=O) groups excluding carboxylic acids is 2. The summed E-state index contributed by atoms with van der Waals surface area (Å²) in [6.07, 6.45) is 4.01. The molecule has 2 unspecified atom stereocenters. The van der Waals surface area contributed by atoms with Gasteiger partial charge >= 0.3 is 5.97 Å². The first-order chi connectivity index (χ1) is 19.8. The molecule has 10 heteroatoms. The summed E-state index contributed by atoms with van der Waals surface area (Å²) in [4.78, 5) is 26.8. The monoisotopic (exact) mass is 601 g/mol. The summed E-state index contributed by atoms with van der Waals surface area (Å²) in [5.41, 5.74) is 1.08. The van der Waals surface area contributed by atoms with E-state index in [1.807, 2.05) is 68.4 Å². The van der Waals surface area contributed by atoms with Gasteiger partial charge in [0.15, 0.2) is 0 Å². The van der Waals surface area contributed by atoms with E-state index in [2.05, 4.69) is 10.0 Å². The number of amides is 1. The Kier molecular flexibility index (Phi) is 12.4. The minimum atomic E-state index is -3.88. The molecule has 232 valence electrons. The summed E-state index contributed by atoms with van der Waals surface area (Å²) < 4.78 is 42.0. The largest absolute Gasteiger partial charge is 0.489 e. The van der Waals surface area contributed by atoms with Gasteiger partial charge in [-0.2, -0.15) is 17.4 Å². The number of hydrogen-bond donors (Lipinski definition) is 2. The summed E-state index contributed by atoms with van der Waals surface area (Å²) in [5.74, 6) is -0.420. The van der Waals surface area contributed by atoms with Gasteiger partial charge in [-0.3, -0.25) is 4.79 Å². The van der Waals surface area contributed by atoms with Crippen molar-refractivity contribution in [2.24, 2.45) is 5.92 Å². The molecule has 1 saturated heterocycles. The molecule has 1 fully saturated rings. The molecule has 1 amide bonds. The minimum Gasteiger partial charge on any atom is -0.489 e. The molecule has 0 saturated carbocycles. The molecule has 0 aromatic heterocycles. The molecule has 9 nitrogen and oxygen atoms in total. The maximum absolute atomic E-state index is 13.6. The topological polar surface area (TPSA) is 114 Å². The molecule has 1 aliphatic heterocycles. The van der Waals surface area contributed by atoms with Crippen LogP contribution in [0.2, 0.25) is 0 Å². The van der Waals surface area contributed by atoms with Crippen LogP contribution in [0.4, 0.5) is 0 Å². The zero-order valence-electron chi connectivity index (χ0n) is 25.6. The molecule has 3 rings (SSSR count). The van der Waals surface area contributed by atoms with Gasteiger partial charge < -0.3 is 14.8 Å². The van der Waals surface area contributed by atoms with E-state index in [1.54, 1.807) is 20.8 Å². The third kappa shape index (κ3) is 11.4. The maximum atomic E-state index is 13.6. The normalized spacial score (nSPS) is 16.3. The highest BCUT2D eigenvalue weighted by Gasteiger charge is 2.33. The average Bonchev–Trinajstić information content (AvgIpc) is 3.22. The third-order valence-electron chi connectivity index (χ3n) is 6.84. The summed E-state index contributed by atoms with van der Waals surface area (Å²) in [6.45, 7) is 10.4. The smallest absolute Gasteiger partial charge is 0.329 e. The van der Waals surface area contributed by atoms with Gasteiger partial charge in [0.05, 0.1) is 0 Å². The fourth-order valence-electron chi connectivity index (χ4n) is 4.75. The van der Waals surface area contributed by atoms with Crippen molar-refractivity contribution in [3.8, 4) is 5.75 Å². The van der Waals surface area contributed by atoms with Gasteiger partial charge in [0.1, 0.15) is 30.0 Å². The molecule has 2 aromatic carbocycles. The van der Waals surface area contributed by atoms with E-state index in [9.17, 15) is 18.0 Å². The highest BCUT2D eigenvalue weighted by Crippen LogP contribution is 2.18. The number of ether oxygens (including phenoxy) is 2. The number of hydrogen-bond acceptors (Lipinski definition) is 6. The average molecular weight is 602 g/mol. The highest BCUT2D eigenvalue weighted by atomic mass is 32.2. The number of esters is 1. The number of nitrogens with one attached hydrogen (secondary N) is 2. The van der Waals surface area contributed by atoms with Gasteiger partial charge in [-0.15, -0.1) is 0 Å². The molecule has 0 aliphatic carbocycles. The molecule has 1 aliphatic rings. The summed E-state index contributed by atoms with van der Waals surface area (Å²) in [6, 6.07) is 15.1. The van der Waals surface area contributed by atoms with E-state index < -0.39 is 39.8 Å². The number of carbonyl (C=O) groups is 2. The summed E-state index contributed by atoms with van der Waals surface area (Å²) >= 11 is 0.